The highest BCUT2D eigenvalue weighted by atomic mass is 16.4. The molecule has 21 heavy (non-hydrogen) atoms. The highest BCUT2D eigenvalue weighted by molar-refractivity contribution is 5.88. The van der Waals surface area contributed by atoms with Crippen molar-refractivity contribution >= 4 is 17.8 Å². The quantitative estimate of drug-likeness (QED) is 0.181. The lowest BCUT2D eigenvalue weighted by molar-refractivity contribution is -0.464. The van der Waals surface area contributed by atoms with Gasteiger partial charge in [0.25, 0.3) is 5.91 Å². The van der Waals surface area contributed by atoms with Crippen molar-refractivity contribution in [3.05, 3.63) is 0 Å². The predicted molar refractivity (Wildman–Crippen MR) is 74.1 cm³/mol. The molecule has 8 heteroatoms. The first-order valence-corrected chi connectivity index (χ1v) is 7.34. The maximum absolute atomic E-state index is 12.3. The minimum atomic E-state index is -1.28. The fraction of sp³-hybridized carbons (Fsp3) is 0.769. The molecular weight excluding hydrogens is 274 g/mol. The van der Waals surface area contributed by atoms with E-state index in [1.54, 1.807) is 0 Å². The smallest absolute Gasteiger partial charge is 0.338 e. The second kappa shape index (κ2) is 7.82. The van der Waals surface area contributed by atoms with E-state index >= 15 is 0 Å². The van der Waals surface area contributed by atoms with Crippen molar-refractivity contribution in [3.63, 3.8) is 0 Å². The summed E-state index contributed by atoms with van der Waals surface area (Å²) in [7, 11) is 0. The SMILES string of the molecule is NC(N)=[NH+]CCC[C@H](NC(=O)C1([NH3+])CCCCC1)C(=O)[O-]. The van der Waals surface area contributed by atoms with Crippen molar-refractivity contribution in [2.45, 2.75) is 56.5 Å². The van der Waals surface area contributed by atoms with Crippen LogP contribution in [0.3, 0.4) is 0 Å². The summed E-state index contributed by atoms with van der Waals surface area (Å²) in [6.07, 6.45) is 5.13. The summed E-state index contributed by atoms with van der Waals surface area (Å²) in [5.41, 5.74) is 13.8. The van der Waals surface area contributed by atoms with Gasteiger partial charge in [-0.15, -0.1) is 0 Å². The monoisotopic (exact) mass is 300 g/mol. The first-order chi connectivity index (χ1) is 9.85. The molecule has 0 aromatic rings. The van der Waals surface area contributed by atoms with Crippen LogP contribution in [0.5, 0.6) is 0 Å². The molecule has 0 saturated heterocycles. The van der Waals surface area contributed by atoms with Gasteiger partial charge in [0.2, 0.25) is 0 Å². The highest BCUT2D eigenvalue weighted by Gasteiger charge is 2.40. The van der Waals surface area contributed by atoms with Gasteiger partial charge in [-0.05, 0) is 25.7 Å². The Morgan fingerprint density at radius 2 is 1.90 bits per heavy atom. The highest BCUT2D eigenvalue weighted by Crippen LogP contribution is 2.24. The molecule has 1 aliphatic carbocycles. The number of hydrogen-bond acceptors (Lipinski definition) is 3. The van der Waals surface area contributed by atoms with Crippen LogP contribution in [0.4, 0.5) is 0 Å². The third kappa shape index (κ3) is 5.58. The molecule has 0 aromatic heterocycles. The Bertz CT molecular complexity index is 401. The molecule has 0 aromatic carbocycles. The molecule has 0 bridgehead atoms. The minimum absolute atomic E-state index is 0.0861. The molecule has 1 saturated carbocycles. The number of guanidine groups is 1. The lowest BCUT2D eigenvalue weighted by Gasteiger charge is -2.30. The molecule has 120 valence electrons. The molecule has 0 unspecified atom stereocenters. The van der Waals surface area contributed by atoms with E-state index in [-0.39, 0.29) is 18.3 Å². The van der Waals surface area contributed by atoms with Gasteiger partial charge in [-0.3, -0.25) is 21.3 Å². The van der Waals surface area contributed by atoms with Crippen LogP contribution in [0, 0.1) is 0 Å². The van der Waals surface area contributed by atoms with Gasteiger partial charge in [-0.2, -0.15) is 0 Å². The maximum Gasteiger partial charge on any atom is 0.338 e. The van der Waals surface area contributed by atoms with Gasteiger partial charge in [0.1, 0.15) is 0 Å². The zero-order valence-electron chi connectivity index (χ0n) is 12.3. The van der Waals surface area contributed by atoms with Crippen LogP contribution in [0.2, 0.25) is 0 Å². The van der Waals surface area contributed by atoms with Crippen molar-refractivity contribution in [1.82, 2.24) is 5.32 Å². The van der Waals surface area contributed by atoms with E-state index < -0.39 is 17.6 Å². The Kier molecular flexibility index (Phi) is 6.41. The number of carbonyl (C=O) groups is 2. The number of carbonyl (C=O) groups excluding carboxylic acids is 2. The summed E-state index contributed by atoms with van der Waals surface area (Å²) in [5, 5.41) is 13.7. The van der Waals surface area contributed by atoms with E-state index in [2.05, 4.69) is 16.0 Å². The van der Waals surface area contributed by atoms with Crippen molar-refractivity contribution < 1.29 is 25.4 Å². The van der Waals surface area contributed by atoms with Crippen LogP contribution in [-0.4, -0.2) is 36.0 Å². The van der Waals surface area contributed by atoms with Crippen LogP contribution in [-0.2, 0) is 9.59 Å². The van der Waals surface area contributed by atoms with Gasteiger partial charge >= 0.3 is 5.96 Å². The molecule has 9 N–H and O–H groups in total. The standard InChI is InChI=1S/C13H25N5O3/c14-12(15)17-8-4-5-9(10(19)20)18-11(21)13(16)6-2-1-3-7-13/h9H,1-8,16H2,(H,18,21)(H,19,20)(H4,14,15,17)/p+1/t9-/m0/s1. The fourth-order valence-corrected chi connectivity index (χ4v) is 2.55. The number of quaternary nitrogens is 1. The number of nitrogens with one attached hydrogen (secondary N) is 2. The number of rotatable bonds is 7. The van der Waals surface area contributed by atoms with E-state index in [1.807, 2.05) is 0 Å². The average molecular weight is 300 g/mol. The zero-order valence-corrected chi connectivity index (χ0v) is 12.3. The van der Waals surface area contributed by atoms with E-state index in [4.69, 9.17) is 11.5 Å². The molecule has 0 aliphatic heterocycles. The lowest BCUT2D eigenvalue weighted by Crippen LogP contribution is -2.80. The Hall–Kier alpha value is -1.83. The van der Waals surface area contributed by atoms with Crippen LogP contribution in [0.15, 0.2) is 0 Å². The largest absolute Gasteiger partial charge is 0.548 e. The number of nitrogens with two attached hydrogens (primary N) is 2. The summed E-state index contributed by atoms with van der Waals surface area (Å²) in [5.74, 6) is -1.50. The van der Waals surface area contributed by atoms with Crippen LogP contribution in [0.25, 0.3) is 0 Å². The third-order valence-electron chi connectivity index (χ3n) is 3.88. The summed E-state index contributed by atoms with van der Waals surface area (Å²) in [6.45, 7) is 0.442. The predicted octanol–water partition coefficient (Wildman–Crippen LogP) is -4.70. The topological polar surface area (TPSA) is 163 Å². The fourth-order valence-electron chi connectivity index (χ4n) is 2.55. The molecule has 1 fully saturated rings. The molecule has 1 amide bonds. The Balaban J connectivity index is 2.51. The van der Waals surface area contributed by atoms with Gasteiger partial charge in [0.15, 0.2) is 5.54 Å². The van der Waals surface area contributed by atoms with Gasteiger partial charge < -0.3 is 21.0 Å². The van der Waals surface area contributed by atoms with Gasteiger partial charge in [0.05, 0.1) is 18.6 Å². The van der Waals surface area contributed by atoms with E-state index in [0.29, 0.717) is 25.8 Å². The number of amides is 1. The molecule has 8 nitrogen and oxygen atoms in total. The average Bonchev–Trinajstić information content (AvgIpc) is 2.42. The Morgan fingerprint density at radius 1 is 1.29 bits per heavy atom. The molecule has 0 radical (unpaired) electrons. The number of carboxylic acids is 1. The van der Waals surface area contributed by atoms with E-state index in [1.165, 1.54) is 0 Å². The molecule has 1 rings (SSSR count). The second-order valence-corrected chi connectivity index (χ2v) is 5.71. The van der Waals surface area contributed by atoms with E-state index in [0.717, 1.165) is 19.3 Å². The zero-order chi connectivity index (χ0) is 15.9. The summed E-state index contributed by atoms with van der Waals surface area (Å²) in [4.78, 5) is 26.1. The number of aliphatic carboxylic acids is 1. The Morgan fingerprint density at radius 3 is 2.43 bits per heavy atom. The molecular formula is C13H26N5O3+. The first-order valence-electron chi connectivity index (χ1n) is 7.34. The second-order valence-electron chi connectivity index (χ2n) is 5.71. The van der Waals surface area contributed by atoms with Gasteiger partial charge in [-0.25, -0.2) is 0 Å². The Labute approximate surface area is 124 Å². The van der Waals surface area contributed by atoms with E-state index in [9.17, 15) is 14.7 Å². The first kappa shape index (κ1) is 17.2. The third-order valence-corrected chi connectivity index (χ3v) is 3.88. The van der Waals surface area contributed by atoms with Crippen LogP contribution >= 0.6 is 0 Å². The van der Waals surface area contributed by atoms with Crippen molar-refractivity contribution in [2.24, 2.45) is 11.5 Å². The van der Waals surface area contributed by atoms with Crippen LogP contribution < -0.4 is 32.6 Å². The number of carboxylic acid groups (broad SMARTS) is 1. The maximum atomic E-state index is 12.3. The van der Waals surface area contributed by atoms with Crippen molar-refractivity contribution in [2.75, 3.05) is 6.54 Å². The molecule has 0 heterocycles. The summed E-state index contributed by atoms with van der Waals surface area (Å²) in [6, 6.07) is -1.01. The van der Waals surface area contributed by atoms with Crippen molar-refractivity contribution in [1.29, 1.82) is 0 Å². The molecule has 1 aliphatic rings. The van der Waals surface area contributed by atoms with Crippen LogP contribution in [0.1, 0.15) is 44.9 Å². The lowest BCUT2D eigenvalue weighted by atomic mass is 9.81. The van der Waals surface area contributed by atoms with Gasteiger partial charge in [-0.1, -0.05) is 6.42 Å². The molecule has 1 atom stereocenters. The normalized spacial score (nSPS) is 18.5. The summed E-state index contributed by atoms with van der Waals surface area (Å²) < 4.78 is 0. The number of hydrogen-bond donors (Lipinski definition) is 5. The summed E-state index contributed by atoms with van der Waals surface area (Å²) >= 11 is 0. The molecule has 0 spiro atoms. The van der Waals surface area contributed by atoms with Crippen molar-refractivity contribution in [3.8, 4) is 0 Å². The van der Waals surface area contributed by atoms with Gasteiger partial charge in [0, 0.05) is 12.8 Å². The minimum Gasteiger partial charge on any atom is -0.548 e.